The van der Waals surface area contributed by atoms with Crippen LogP contribution in [0.2, 0.25) is 5.28 Å². The van der Waals surface area contributed by atoms with Gasteiger partial charge in [-0.05, 0) is 40.6 Å². The molecule has 0 aliphatic rings. The molecule has 6 aromatic rings. The molecular formula is C25H14ClN3O. The number of furan rings is 1. The fraction of sp³-hybridized carbons (Fsp3) is 0. The summed E-state index contributed by atoms with van der Waals surface area (Å²) in [6.45, 7) is 0. The predicted octanol–water partition coefficient (Wildman–Crippen LogP) is 6.91. The van der Waals surface area contributed by atoms with Gasteiger partial charge in [0.2, 0.25) is 5.28 Å². The molecule has 0 saturated carbocycles. The Hall–Kier alpha value is -3.76. The van der Waals surface area contributed by atoms with Crippen molar-refractivity contribution >= 4 is 44.3 Å². The summed E-state index contributed by atoms with van der Waals surface area (Å²) in [6.07, 6.45) is 0. The SMILES string of the molecule is Clc1nc(-c2ccc3ccccc3c2)nc(-c2cccc3c2oc2ccccc23)n1. The highest BCUT2D eigenvalue weighted by molar-refractivity contribution is 6.28. The Morgan fingerprint density at radius 2 is 1.40 bits per heavy atom. The maximum Gasteiger partial charge on any atom is 0.226 e. The van der Waals surface area contributed by atoms with Crippen molar-refractivity contribution in [3.63, 3.8) is 0 Å². The van der Waals surface area contributed by atoms with E-state index in [1.807, 2.05) is 60.7 Å². The molecular weight excluding hydrogens is 394 g/mol. The van der Waals surface area contributed by atoms with E-state index in [1.54, 1.807) is 0 Å². The second-order valence-corrected chi connectivity index (χ2v) is 7.43. The van der Waals surface area contributed by atoms with Crippen molar-refractivity contribution in [3.05, 3.63) is 90.2 Å². The second-order valence-electron chi connectivity index (χ2n) is 7.09. The molecule has 0 fully saturated rings. The van der Waals surface area contributed by atoms with E-state index < -0.39 is 0 Å². The zero-order valence-corrected chi connectivity index (χ0v) is 16.5. The predicted molar refractivity (Wildman–Crippen MR) is 120 cm³/mol. The van der Waals surface area contributed by atoms with E-state index in [2.05, 4.69) is 34.2 Å². The standard InChI is InChI=1S/C25H14ClN3O/c26-25-28-23(17-13-12-15-6-1-2-7-16(15)14-17)27-24(29-25)20-10-5-9-19-18-8-3-4-11-21(18)30-22(19)20/h1-14H. The first-order valence-corrected chi connectivity index (χ1v) is 9.95. The molecule has 0 radical (unpaired) electrons. The highest BCUT2D eigenvalue weighted by Crippen LogP contribution is 2.35. The van der Waals surface area contributed by atoms with Gasteiger partial charge in [0.05, 0.1) is 5.56 Å². The molecule has 0 amide bonds. The third-order valence-corrected chi connectivity index (χ3v) is 5.43. The van der Waals surface area contributed by atoms with Crippen LogP contribution in [0, 0.1) is 0 Å². The maximum atomic E-state index is 6.31. The van der Waals surface area contributed by atoms with Gasteiger partial charge in [-0.1, -0.05) is 66.7 Å². The topological polar surface area (TPSA) is 51.8 Å². The number of nitrogens with zero attached hydrogens (tertiary/aromatic N) is 3. The van der Waals surface area contributed by atoms with Crippen LogP contribution >= 0.6 is 11.6 Å². The average Bonchev–Trinajstić information content (AvgIpc) is 3.17. The Balaban J connectivity index is 1.56. The summed E-state index contributed by atoms with van der Waals surface area (Å²) < 4.78 is 6.14. The molecule has 0 unspecified atom stereocenters. The molecule has 6 rings (SSSR count). The maximum absolute atomic E-state index is 6.31. The first kappa shape index (κ1) is 17.1. The number of halogens is 1. The number of aromatic nitrogens is 3. The molecule has 0 spiro atoms. The summed E-state index contributed by atoms with van der Waals surface area (Å²) in [5.74, 6) is 1.02. The zero-order valence-electron chi connectivity index (χ0n) is 15.7. The van der Waals surface area contributed by atoms with Crippen molar-refractivity contribution in [1.82, 2.24) is 15.0 Å². The van der Waals surface area contributed by atoms with Crippen molar-refractivity contribution in [2.75, 3.05) is 0 Å². The van der Waals surface area contributed by atoms with Gasteiger partial charge in [0.15, 0.2) is 11.6 Å². The molecule has 0 aliphatic heterocycles. The molecule has 4 aromatic carbocycles. The number of para-hydroxylation sites is 2. The van der Waals surface area contributed by atoms with Gasteiger partial charge < -0.3 is 4.42 Å². The number of fused-ring (bicyclic) bond motifs is 4. The summed E-state index contributed by atoms with van der Waals surface area (Å²) in [6, 6.07) is 28.2. The molecule has 2 heterocycles. The van der Waals surface area contributed by atoms with Crippen LogP contribution in [0.4, 0.5) is 0 Å². The molecule has 5 heteroatoms. The largest absolute Gasteiger partial charge is 0.455 e. The first-order chi connectivity index (χ1) is 14.8. The Morgan fingerprint density at radius 3 is 2.33 bits per heavy atom. The van der Waals surface area contributed by atoms with Crippen molar-refractivity contribution in [2.24, 2.45) is 0 Å². The molecule has 4 nitrogen and oxygen atoms in total. The van der Waals surface area contributed by atoms with Crippen LogP contribution in [0.5, 0.6) is 0 Å². The first-order valence-electron chi connectivity index (χ1n) is 9.58. The fourth-order valence-corrected chi connectivity index (χ4v) is 4.01. The van der Waals surface area contributed by atoms with Crippen molar-refractivity contribution in [2.45, 2.75) is 0 Å². The minimum atomic E-state index is 0.149. The Bertz CT molecular complexity index is 1570. The van der Waals surface area contributed by atoms with Crippen molar-refractivity contribution < 1.29 is 4.42 Å². The smallest absolute Gasteiger partial charge is 0.226 e. The van der Waals surface area contributed by atoms with Crippen LogP contribution in [0.25, 0.3) is 55.5 Å². The highest BCUT2D eigenvalue weighted by Gasteiger charge is 2.16. The van der Waals surface area contributed by atoms with Gasteiger partial charge in [0.1, 0.15) is 11.2 Å². The molecule has 2 aromatic heterocycles. The Labute approximate surface area is 176 Å². The molecule has 0 aliphatic carbocycles. The summed E-state index contributed by atoms with van der Waals surface area (Å²) in [5, 5.41) is 4.51. The van der Waals surface area contributed by atoms with Gasteiger partial charge in [-0.2, -0.15) is 9.97 Å². The van der Waals surface area contributed by atoms with Crippen LogP contribution in [0.15, 0.2) is 89.3 Å². The van der Waals surface area contributed by atoms with E-state index in [1.165, 1.54) is 0 Å². The highest BCUT2D eigenvalue weighted by atomic mass is 35.5. The normalized spacial score (nSPS) is 11.5. The molecule has 0 atom stereocenters. The minimum Gasteiger partial charge on any atom is -0.455 e. The quantitative estimate of drug-likeness (QED) is 0.313. The third-order valence-electron chi connectivity index (χ3n) is 5.26. The summed E-state index contributed by atoms with van der Waals surface area (Å²) in [7, 11) is 0. The monoisotopic (exact) mass is 407 g/mol. The number of benzene rings is 4. The van der Waals surface area contributed by atoms with E-state index in [-0.39, 0.29) is 5.28 Å². The van der Waals surface area contributed by atoms with Crippen LogP contribution in [0.1, 0.15) is 0 Å². The molecule has 0 saturated heterocycles. The Kier molecular flexibility index (Phi) is 3.79. The van der Waals surface area contributed by atoms with Gasteiger partial charge in [-0.3, -0.25) is 0 Å². The fourth-order valence-electron chi connectivity index (χ4n) is 3.85. The number of rotatable bonds is 2. The zero-order chi connectivity index (χ0) is 20.1. The lowest BCUT2D eigenvalue weighted by Gasteiger charge is -2.06. The van der Waals surface area contributed by atoms with Crippen LogP contribution in [-0.4, -0.2) is 15.0 Å². The van der Waals surface area contributed by atoms with E-state index in [9.17, 15) is 0 Å². The summed E-state index contributed by atoms with van der Waals surface area (Å²) in [4.78, 5) is 13.5. The summed E-state index contributed by atoms with van der Waals surface area (Å²) in [5.41, 5.74) is 3.24. The summed E-state index contributed by atoms with van der Waals surface area (Å²) >= 11 is 6.31. The van der Waals surface area contributed by atoms with Gasteiger partial charge in [-0.15, -0.1) is 0 Å². The lowest BCUT2D eigenvalue weighted by atomic mass is 10.1. The lowest BCUT2D eigenvalue weighted by Crippen LogP contribution is -1.97. The van der Waals surface area contributed by atoms with Gasteiger partial charge in [0, 0.05) is 16.3 Å². The van der Waals surface area contributed by atoms with E-state index in [0.717, 1.165) is 43.8 Å². The van der Waals surface area contributed by atoms with Crippen LogP contribution < -0.4 is 0 Å². The van der Waals surface area contributed by atoms with Crippen LogP contribution in [-0.2, 0) is 0 Å². The lowest BCUT2D eigenvalue weighted by molar-refractivity contribution is 0.669. The van der Waals surface area contributed by atoms with Gasteiger partial charge in [-0.25, -0.2) is 4.98 Å². The average molecular weight is 408 g/mol. The van der Waals surface area contributed by atoms with E-state index in [0.29, 0.717) is 11.6 Å². The molecule has 142 valence electrons. The van der Waals surface area contributed by atoms with Gasteiger partial charge >= 0.3 is 0 Å². The number of hydrogen-bond acceptors (Lipinski definition) is 4. The Morgan fingerprint density at radius 1 is 0.633 bits per heavy atom. The molecule has 0 bridgehead atoms. The van der Waals surface area contributed by atoms with Crippen molar-refractivity contribution in [1.29, 1.82) is 0 Å². The van der Waals surface area contributed by atoms with E-state index in [4.69, 9.17) is 21.0 Å². The molecule has 30 heavy (non-hydrogen) atoms. The second kappa shape index (κ2) is 6.65. The molecule has 0 N–H and O–H groups in total. The van der Waals surface area contributed by atoms with E-state index >= 15 is 0 Å². The van der Waals surface area contributed by atoms with Crippen LogP contribution in [0.3, 0.4) is 0 Å². The number of hydrogen-bond donors (Lipinski definition) is 0. The van der Waals surface area contributed by atoms with Gasteiger partial charge in [0.25, 0.3) is 0 Å². The van der Waals surface area contributed by atoms with Crippen molar-refractivity contribution in [3.8, 4) is 22.8 Å². The minimum absolute atomic E-state index is 0.149. The third kappa shape index (κ3) is 2.73.